The minimum absolute atomic E-state index is 0. The molecular weight excluding hydrogens is 346 g/mol. The SMILES string of the molecule is Cl.O=C(Nc1ncsc1-c1ccccc1)O[C@H]1CN2CCC1CC2. The molecule has 3 aliphatic rings. The number of hydrogen-bond acceptors (Lipinski definition) is 5. The van der Waals surface area contributed by atoms with E-state index in [2.05, 4.69) is 15.2 Å². The summed E-state index contributed by atoms with van der Waals surface area (Å²) in [6.07, 6.45) is 1.87. The molecule has 0 aliphatic carbocycles. The topological polar surface area (TPSA) is 54.5 Å². The van der Waals surface area contributed by atoms with Crippen LogP contribution in [0.1, 0.15) is 12.8 Å². The van der Waals surface area contributed by atoms with E-state index in [0.29, 0.717) is 11.7 Å². The summed E-state index contributed by atoms with van der Waals surface area (Å²) in [6, 6.07) is 9.95. The number of ether oxygens (including phenoxy) is 1. The first-order chi connectivity index (χ1) is 11.3. The third-order valence-electron chi connectivity index (χ3n) is 4.68. The Labute approximate surface area is 151 Å². The Morgan fingerprint density at radius 3 is 2.67 bits per heavy atom. The van der Waals surface area contributed by atoms with Crippen LogP contribution in [0, 0.1) is 5.92 Å². The highest BCUT2D eigenvalue weighted by atomic mass is 35.5. The van der Waals surface area contributed by atoms with Gasteiger partial charge in [-0.15, -0.1) is 23.7 Å². The van der Waals surface area contributed by atoms with Crippen LogP contribution in [-0.4, -0.2) is 41.7 Å². The molecule has 1 N–H and O–H groups in total. The van der Waals surface area contributed by atoms with E-state index >= 15 is 0 Å². The highest BCUT2D eigenvalue weighted by molar-refractivity contribution is 7.13. The molecule has 1 atom stereocenters. The van der Waals surface area contributed by atoms with E-state index in [0.717, 1.165) is 42.9 Å². The molecule has 5 nitrogen and oxygen atoms in total. The molecule has 4 heterocycles. The second kappa shape index (κ2) is 7.51. The lowest BCUT2D eigenvalue weighted by Gasteiger charge is -2.43. The van der Waals surface area contributed by atoms with Crippen molar-refractivity contribution in [2.45, 2.75) is 18.9 Å². The normalized spacial score (nSPS) is 24.9. The van der Waals surface area contributed by atoms with Gasteiger partial charge in [-0.3, -0.25) is 10.2 Å². The molecule has 2 aromatic rings. The number of fused-ring (bicyclic) bond motifs is 3. The van der Waals surface area contributed by atoms with Gasteiger partial charge in [-0.2, -0.15) is 0 Å². The van der Waals surface area contributed by atoms with E-state index in [4.69, 9.17) is 4.74 Å². The van der Waals surface area contributed by atoms with Gasteiger partial charge in [0.05, 0.1) is 10.4 Å². The Bertz CT molecular complexity index is 686. The van der Waals surface area contributed by atoms with Crippen molar-refractivity contribution in [3.05, 3.63) is 35.8 Å². The molecule has 3 aliphatic heterocycles. The van der Waals surface area contributed by atoms with Crippen LogP contribution in [0.15, 0.2) is 35.8 Å². The Hall–Kier alpha value is -1.63. The smallest absolute Gasteiger partial charge is 0.413 e. The number of halogens is 1. The minimum atomic E-state index is -0.396. The zero-order chi connectivity index (χ0) is 15.6. The van der Waals surface area contributed by atoms with Crippen LogP contribution in [0.4, 0.5) is 10.6 Å². The van der Waals surface area contributed by atoms with Crippen molar-refractivity contribution in [2.24, 2.45) is 5.92 Å². The van der Waals surface area contributed by atoms with Crippen LogP contribution in [0.25, 0.3) is 10.4 Å². The molecule has 24 heavy (non-hydrogen) atoms. The molecular formula is C17H20ClN3O2S. The first-order valence-corrected chi connectivity index (χ1v) is 8.86. The average Bonchev–Trinajstić information content (AvgIpc) is 3.04. The Kier molecular flexibility index (Phi) is 5.38. The summed E-state index contributed by atoms with van der Waals surface area (Å²) in [6.45, 7) is 3.13. The molecule has 0 radical (unpaired) electrons. The predicted molar refractivity (Wildman–Crippen MR) is 97.9 cm³/mol. The number of carbonyl (C=O) groups is 1. The molecule has 2 bridgehead atoms. The zero-order valence-electron chi connectivity index (χ0n) is 13.2. The van der Waals surface area contributed by atoms with Crippen molar-refractivity contribution in [1.29, 1.82) is 0 Å². The Balaban J connectivity index is 0.00000169. The molecule has 1 amide bonds. The van der Waals surface area contributed by atoms with Crippen LogP contribution in [0.5, 0.6) is 0 Å². The molecule has 7 heteroatoms. The monoisotopic (exact) mass is 365 g/mol. The van der Waals surface area contributed by atoms with Crippen molar-refractivity contribution in [1.82, 2.24) is 9.88 Å². The quantitative estimate of drug-likeness (QED) is 0.896. The lowest BCUT2D eigenvalue weighted by atomic mass is 9.86. The number of benzene rings is 1. The fourth-order valence-corrected chi connectivity index (χ4v) is 4.19. The lowest BCUT2D eigenvalue weighted by molar-refractivity contribution is -0.0290. The molecule has 3 fully saturated rings. The average molecular weight is 366 g/mol. The maximum absolute atomic E-state index is 12.3. The highest BCUT2D eigenvalue weighted by Gasteiger charge is 2.36. The van der Waals surface area contributed by atoms with Gasteiger partial charge in [-0.1, -0.05) is 30.3 Å². The van der Waals surface area contributed by atoms with Crippen LogP contribution in [0.2, 0.25) is 0 Å². The summed E-state index contributed by atoms with van der Waals surface area (Å²) in [5.74, 6) is 1.09. The molecule has 1 aromatic heterocycles. The van der Waals surface area contributed by atoms with E-state index in [9.17, 15) is 4.79 Å². The first-order valence-electron chi connectivity index (χ1n) is 7.98. The Morgan fingerprint density at radius 1 is 1.25 bits per heavy atom. The summed E-state index contributed by atoms with van der Waals surface area (Å²) in [5, 5.41) is 2.82. The van der Waals surface area contributed by atoms with Crippen molar-refractivity contribution >= 4 is 35.7 Å². The van der Waals surface area contributed by atoms with Crippen molar-refractivity contribution in [3.8, 4) is 10.4 Å². The van der Waals surface area contributed by atoms with Crippen LogP contribution < -0.4 is 5.32 Å². The number of thiazole rings is 1. The molecule has 0 spiro atoms. The number of amides is 1. The number of hydrogen-bond donors (Lipinski definition) is 1. The van der Waals surface area contributed by atoms with Gasteiger partial charge in [0, 0.05) is 6.54 Å². The number of rotatable bonds is 3. The maximum atomic E-state index is 12.3. The molecule has 1 aromatic carbocycles. The third-order valence-corrected chi connectivity index (χ3v) is 5.55. The van der Waals surface area contributed by atoms with Crippen LogP contribution in [0.3, 0.4) is 0 Å². The maximum Gasteiger partial charge on any atom is 0.413 e. The second-order valence-electron chi connectivity index (χ2n) is 6.10. The van der Waals surface area contributed by atoms with Gasteiger partial charge >= 0.3 is 6.09 Å². The van der Waals surface area contributed by atoms with Gasteiger partial charge in [0.25, 0.3) is 0 Å². The number of anilines is 1. The standard InChI is InChI=1S/C17H19N3O2S.ClH/c21-17(22-14-10-20-8-6-12(14)7-9-20)19-16-15(23-11-18-16)13-4-2-1-3-5-13;/h1-5,11-12,14H,6-10H2,(H,19,21);1H/t14-;/m0./s1. The van der Waals surface area contributed by atoms with Crippen LogP contribution >= 0.6 is 23.7 Å². The summed E-state index contributed by atoms with van der Waals surface area (Å²) in [7, 11) is 0. The largest absolute Gasteiger partial charge is 0.444 e. The molecule has 5 rings (SSSR count). The van der Waals surface area contributed by atoms with E-state index < -0.39 is 6.09 Å². The number of aromatic nitrogens is 1. The second-order valence-corrected chi connectivity index (χ2v) is 6.96. The first kappa shape index (κ1) is 17.2. The van der Waals surface area contributed by atoms with Gasteiger partial charge in [-0.25, -0.2) is 9.78 Å². The molecule has 3 saturated heterocycles. The molecule has 0 unspecified atom stereocenters. The third kappa shape index (κ3) is 3.55. The van der Waals surface area contributed by atoms with E-state index in [1.165, 1.54) is 11.3 Å². The van der Waals surface area contributed by atoms with Gasteiger partial charge < -0.3 is 4.74 Å². The number of nitrogens with one attached hydrogen (secondary N) is 1. The van der Waals surface area contributed by atoms with Gasteiger partial charge in [0.15, 0.2) is 5.82 Å². The summed E-state index contributed by atoms with van der Waals surface area (Å²) >= 11 is 1.51. The highest BCUT2D eigenvalue weighted by Crippen LogP contribution is 2.32. The van der Waals surface area contributed by atoms with E-state index in [1.54, 1.807) is 5.51 Å². The van der Waals surface area contributed by atoms with E-state index in [1.807, 2.05) is 30.3 Å². The van der Waals surface area contributed by atoms with E-state index in [-0.39, 0.29) is 18.5 Å². The van der Waals surface area contributed by atoms with Crippen molar-refractivity contribution in [2.75, 3.05) is 25.0 Å². The predicted octanol–water partition coefficient (Wildman–Crippen LogP) is 3.87. The number of carbonyl (C=O) groups excluding carboxylic acids is 1. The number of piperidine rings is 3. The van der Waals surface area contributed by atoms with Crippen molar-refractivity contribution < 1.29 is 9.53 Å². The molecule has 128 valence electrons. The fourth-order valence-electron chi connectivity index (χ4n) is 3.44. The summed E-state index contributed by atoms with van der Waals surface area (Å²) in [4.78, 5) is 19.8. The Morgan fingerprint density at radius 2 is 2.00 bits per heavy atom. The van der Waals surface area contributed by atoms with Gasteiger partial charge in [-0.05, 0) is 37.4 Å². The van der Waals surface area contributed by atoms with Crippen LogP contribution in [-0.2, 0) is 4.74 Å². The summed E-state index contributed by atoms with van der Waals surface area (Å²) in [5.41, 5.74) is 2.79. The van der Waals surface area contributed by atoms with Gasteiger partial charge in [0.1, 0.15) is 6.10 Å². The zero-order valence-corrected chi connectivity index (χ0v) is 14.8. The fraction of sp³-hybridized carbons (Fsp3) is 0.412. The molecule has 0 saturated carbocycles. The van der Waals surface area contributed by atoms with Gasteiger partial charge in [0.2, 0.25) is 0 Å². The summed E-state index contributed by atoms with van der Waals surface area (Å²) < 4.78 is 5.66. The van der Waals surface area contributed by atoms with Crippen molar-refractivity contribution in [3.63, 3.8) is 0 Å². The minimum Gasteiger partial charge on any atom is -0.444 e. The number of nitrogens with zero attached hydrogens (tertiary/aromatic N) is 2. The lowest BCUT2D eigenvalue weighted by Crippen LogP contribution is -2.52.